The molecule has 0 amide bonds. The molecule has 1 aliphatic heterocycles. The number of nitrogens with zero attached hydrogens (tertiary/aromatic N) is 4. The molecular weight excluding hydrogens is 456 g/mol. The van der Waals surface area contributed by atoms with Gasteiger partial charge in [0, 0.05) is 56.1 Å². The van der Waals surface area contributed by atoms with Gasteiger partial charge in [-0.1, -0.05) is 0 Å². The molecule has 1 saturated heterocycles. The quantitative estimate of drug-likeness (QED) is 0.473. The van der Waals surface area contributed by atoms with Crippen molar-refractivity contribution in [1.82, 2.24) is 24.4 Å². The number of benzene rings is 1. The zero-order valence-electron chi connectivity index (χ0n) is 19.6. The van der Waals surface area contributed by atoms with Gasteiger partial charge in [-0.2, -0.15) is 8.42 Å². The highest BCUT2D eigenvalue weighted by Crippen LogP contribution is 2.37. The van der Waals surface area contributed by atoms with Crippen LogP contribution in [0.5, 0.6) is 11.5 Å². The van der Waals surface area contributed by atoms with Crippen LogP contribution in [0.4, 0.5) is 5.82 Å². The lowest BCUT2D eigenvalue weighted by Gasteiger charge is -2.33. The van der Waals surface area contributed by atoms with E-state index >= 15 is 0 Å². The van der Waals surface area contributed by atoms with Crippen LogP contribution < -0.4 is 23.8 Å². The largest absolute Gasteiger partial charge is 0.493 e. The molecule has 1 aromatic carbocycles. The first-order valence-corrected chi connectivity index (χ1v) is 12.7. The van der Waals surface area contributed by atoms with Gasteiger partial charge in [0.15, 0.2) is 17.3 Å². The van der Waals surface area contributed by atoms with Gasteiger partial charge in [-0.3, -0.25) is 4.98 Å². The second-order valence-corrected chi connectivity index (χ2v) is 9.86. The molecular formula is C23H30N6O4S. The van der Waals surface area contributed by atoms with Gasteiger partial charge >= 0.3 is 0 Å². The number of ether oxygens (including phenoxy) is 2. The van der Waals surface area contributed by atoms with Crippen LogP contribution in [0.2, 0.25) is 0 Å². The summed E-state index contributed by atoms with van der Waals surface area (Å²) in [7, 11) is 1.22. The third-order valence-electron chi connectivity index (χ3n) is 6.13. The lowest BCUT2D eigenvalue weighted by molar-refractivity contribution is 0.355. The Morgan fingerprint density at radius 2 is 1.85 bits per heavy atom. The molecule has 0 radical (unpaired) electrons. The Morgan fingerprint density at radius 3 is 2.50 bits per heavy atom. The lowest BCUT2D eigenvalue weighted by Crippen LogP contribution is -2.38. The summed E-state index contributed by atoms with van der Waals surface area (Å²) >= 11 is 0. The van der Waals surface area contributed by atoms with Crippen LogP contribution in [0.1, 0.15) is 19.3 Å². The summed E-state index contributed by atoms with van der Waals surface area (Å²) in [6.07, 6.45) is 6.17. The number of hydrogen-bond donors (Lipinski definition) is 2. The Hall–Kier alpha value is -3.02. The monoisotopic (exact) mass is 486 g/mol. The maximum atomic E-state index is 11.6. The van der Waals surface area contributed by atoms with Gasteiger partial charge in [0.25, 0.3) is 10.2 Å². The van der Waals surface area contributed by atoms with Crippen molar-refractivity contribution in [3.63, 3.8) is 0 Å². The van der Waals surface area contributed by atoms with Gasteiger partial charge in [0.05, 0.1) is 19.7 Å². The number of aromatic nitrogens is 3. The smallest absolute Gasteiger partial charge is 0.276 e. The Labute approximate surface area is 199 Å². The summed E-state index contributed by atoms with van der Waals surface area (Å²) in [6, 6.07) is 7.61. The normalized spacial score (nSPS) is 15.0. The van der Waals surface area contributed by atoms with Crippen molar-refractivity contribution in [2.24, 2.45) is 5.92 Å². The van der Waals surface area contributed by atoms with Gasteiger partial charge in [-0.15, -0.1) is 0 Å². The van der Waals surface area contributed by atoms with Gasteiger partial charge < -0.3 is 14.4 Å². The first-order chi connectivity index (χ1) is 16.4. The molecule has 3 aromatic rings. The van der Waals surface area contributed by atoms with Crippen molar-refractivity contribution < 1.29 is 17.9 Å². The van der Waals surface area contributed by atoms with E-state index in [4.69, 9.17) is 19.4 Å². The summed E-state index contributed by atoms with van der Waals surface area (Å²) < 4.78 is 39.0. The molecule has 11 heteroatoms. The zero-order chi connectivity index (χ0) is 24.1. The molecule has 0 aliphatic carbocycles. The van der Waals surface area contributed by atoms with Gasteiger partial charge in [-0.05, 0) is 43.4 Å². The Morgan fingerprint density at radius 1 is 1.12 bits per heavy atom. The molecule has 2 aromatic heterocycles. The van der Waals surface area contributed by atoms with Crippen LogP contribution in [-0.4, -0.2) is 64.3 Å². The summed E-state index contributed by atoms with van der Waals surface area (Å²) in [5, 5.41) is 0.894. The second kappa shape index (κ2) is 10.5. The minimum absolute atomic E-state index is 0.423. The minimum Gasteiger partial charge on any atom is -0.493 e. The highest BCUT2D eigenvalue weighted by Gasteiger charge is 2.24. The molecule has 0 saturated carbocycles. The van der Waals surface area contributed by atoms with Crippen LogP contribution in [0.25, 0.3) is 22.3 Å². The van der Waals surface area contributed by atoms with E-state index in [-0.39, 0.29) is 0 Å². The van der Waals surface area contributed by atoms with E-state index in [1.54, 1.807) is 26.6 Å². The van der Waals surface area contributed by atoms with E-state index in [0.717, 1.165) is 54.6 Å². The fraction of sp³-hybridized carbons (Fsp3) is 0.435. The number of nitrogens with one attached hydrogen (secondary N) is 2. The van der Waals surface area contributed by atoms with E-state index in [1.807, 2.05) is 24.3 Å². The molecule has 3 heterocycles. The van der Waals surface area contributed by atoms with Crippen LogP contribution >= 0.6 is 0 Å². The van der Waals surface area contributed by atoms with Crippen molar-refractivity contribution in [2.45, 2.75) is 19.3 Å². The number of methoxy groups -OCH3 is 2. The highest BCUT2D eigenvalue weighted by atomic mass is 32.2. The van der Waals surface area contributed by atoms with Crippen molar-refractivity contribution in [1.29, 1.82) is 0 Å². The number of anilines is 1. The van der Waals surface area contributed by atoms with E-state index < -0.39 is 10.2 Å². The van der Waals surface area contributed by atoms with E-state index in [0.29, 0.717) is 29.8 Å². The molecule has 34 heavy (non-hydrogen) atoms. The Balaban J connectivity index is 1.61. The third kappa shape index (κ3) is 5.37. The molecule has 0 spiro atoms. The molecule has 0 unspecified atom stereocenters. The summed E-state index contributed by atoms with van der Waals surface area (Å²) in [5.74, 6) is 3.13. The standard InChI is InChI=1S/C23H30N6O4S/c1-24-34(30,31)26-10-6-16-7-11-29(12-8-16)23-18-13-20(32-2)21(33-3)14-19(18)27-22(28-23)17-5-4-9-25-15-17/h4-5,9,13-16,24,26H,6-8,10-12H2,1-3H3. The molecule has 4 rings (SSSR count). The minimum atomic E-state index is -3.40. The van der Waals surface area contributed by atoms with Gasteiger partial charge in [0.1, 0.15) is 5.82 Å². The van der Waals surface area contributed by atoms with Crippen LogP contribution in [0.3, 0.4) is 0 Å². The number of rotatable bonds is 9. The third-order valence-corrected chi connectivity index (χ3v) is 7.25. The molecule has 2 N–H and O–H groups in total. The van der Waals surface area contributed by atoms with Crippen LogP contribution in [0, 0.1) is 5.92 Å². The zero-order valence-corrected chi connectivity index (χ0v) is 20.4. The molecule has 1 fully saturated rings. The van der Waals surface area contributed by atoms with Gasteiger partial charge in [-0.25, -0.2) is 19.4 Å². The maximum Gasteiger partial charge on any atom is 0.276 e. The Bertz CT molecular complexity index is 1230. The number of hydrogen-bond acceptors (Lipinski definition) is 8. The maximum absolute atomic E-state index is 11.6. The average molecular weight is 487 g/mol. The molecule has 0 atom stereocenters. The summed E-state index contributed by atoms with van der Waals surface area (Å²) in [4.78, 5) is 16.2. The average Bonchev–Trinajstić information content (AvgIpc) is 2.88. The molecule has 0 bridgehead atoms. The van der Waals surface area contributed by atoms with Gasteiger partial charge in [0.2, 0.25) is 0 Å². The first-order valence-electron chi connectivity index (χ1n) is 11.2. The fourth-order valence-corrected chi connectivity index (χ4v) is 4.74. The van der Waals surface area contributed by atoms with Crippen molar-refractivity contribution >= 4 is 26.9 Å². The topological polar surface area (TPSA) is 119 Å². The van der Waals surface area contributed by atoms with Crippen molar-refractivity contribution in [3.8, 4) is 22.9 Å². The van der Waals surface area contributed by atoms with Crippen LogP contribution in [-0.2, 0) is 10.2 Å². The van der Waals surface area contributed by atoms with E-state index in [1.165, 1.54) is 7.05 Å². The molecule has 10 nitrogen and oxygen atoms in total. The summed E-state index contributed by atoms with van der Waals surface area (Å²) in [5.41, 5.74) is 1.61. The number of piperidine rings is 1. The first kappa shape index (κ1) is 24.1. The molecule has 182 valence electrons. The number of pyridine rings is 1. The second-order valence-electron chi connectivity index (χ2n) is 8.16. The number of fused-ring (bicyclic) bond motifs is 1. The predicted octanol–water partition coefficient (Wildman–Crippen LogP) is 2.37. The molecule has 1 aliphatic rings. The highest BCUT2D eigenvalue weighted by molar-refractivity contribution is 7.87. The van der Waals surface area contributed by atoms with Crippen molar-refractivity contribution in [2.75, 3.05) is 45.8 Å². The van der Waals surface area contributed by atoms with E-state index in [2.05, 4.69) is 19.3 Å². The SMILES string of the molecule is CNS(=O)(=O)NCCC1CCN(c2nc(-c3cccnc3)nc3cc(OC)c(OC)cc23)CC1. The van der Waals surface area contributed by atoms with Crippen molar-refractivity contribution in [3.05, 3.63) is 36.7 Å². The van der Waals surface area contributed by atoms with E-state index in [9.17, 15) is 8.42 Å². The lowest BCUT2D eigenvalue weighted by atomic mass is 9.93. The Kier molecular flexibility index (Phi) is 7.44. The fourth-order valence-electron chi connectivity index (χ4n) is 4.21. The predicted molar refractivity (Wildman–Crippen MR) is 131 cm³/mol. The van der Waals surface area contributed by atoms with Crippen LogP contribution in [0.15, 0.2) is 36.7 Å². The summed E-state index contributed by atoms with van der Waals surface area (Å²) in [6.45, 7) is 2.05.